The number of benzene rings is 2. The molecule has 0 N–H and O–H groups in total. The maximum Gasteiger partial charge on any atom is 0.357 e. The molecule has 0 aliphatic carbocycles. The molecular formula is C18H17NO4. The van der Waals surface area contributed by atoms with E-state index in [4.69, 9.17) is 9.47 Å². The summed E-state index contributed by atoms with van der Waals surface area (Å²) in [6, 6.07) is 16.8. The Balaban J connectivity index is 1.95. The van der Waals surface area contributed by atoms with Gasteiger partial charge in [-0.15, -0.1) is 0 Å². The number of hydrogen-bond donors (Lipinski definition) is 0. The molecule has 118 valence electrons. The molecule has 1 atom stereocenters. The van der Waals surface area contributed by atoms with Crippen molar-refractivity contribution in [1.29, 1.82) is 0 Å². The first-order chi connectivity index (χ1) is 11.2. The standard InChI is InChI=1S/C18H17NO4/c1-2-22-18(21)16-17(20)19(12-13-8-4-3-5-9-13)14-10-6-7-11-15(14)23-16/h3-11,16H,2,12H2,1H3. The molecule has 0 saturated carbocycles. The number of para-hydroxylation sites is 2. The molecule has 1 amide bonds. The average Bonchev–Trinajstić information content (AvgIpc) is 2.58. The first kappa shape index (κ1) is 15.1. The first-order valence-corrected chi connectivity index (χ1v) is 7.48. The summed E-state index contributed by atoms with van der Waals surface area (Å²) in [5.74, 6) is -0.572. The van der Waals surface area contributed by atoms with Gasteiger partial charge in [0.1, 0.15) is 5.75 Å². The zero-order valence-corrected chi connectivity index (χ0v) is 12.8. The maximum atomic E-state index is 12.7. The summed E-state index contributed by atoms with van der Waals surface area (Å²) in [5, 5.41) is 0. The molecule has 0 fully saturated rings. The molecule has 2 aromatic carbocycles. The fourth-order valence-electron chi connectivity index (χ4n) is 2.51. The third kappa shape index (κ3) is 3.04. The Kier molecular flexibility index (Phi) is 4.28. The highest BCUT2D eigenvalue weighted by Crippen LogP contribution is 2.35. The lowest BCUT2D eigenvalue weighted by Crippen LogP contribution is -2.50. The quantitative estimate of drug-likeness (QED) is 0.643. The lowest BCUT2D eigenvalue weighted by atomic mass is 10.1. The zero-order valence-electron chi connectivity index (χ0n) is 12.8. The SMILES string of the molecule is CCOC(=O)C1Oc2ccccc2N(Cc2ccccc2)C1=O. The van der Waals surface area contributed by atoms with Gasteiger partial charge in [0.05, 0.1) is 18.8 Å². The van der Waals surface area contributed by atoms with Gasteiger partial charge in [0.25, 0.3) is 12.0 Å². The predicted octanol–water partition coefficient (Wildman–Crippen LogP) is 2.54. The van der Waals surface area contributed by atoms with Crippen LogP contribution in [0.3, 0.4) is 0 Å². The number of amides is 1. The van der Waals surface area contributed by atoms with Crippen LogP contribution in [0.1, 0.15) is 12.5 Å². The second-order valence-corrected chi connectivity index (χ2v) is 5.13. The van der Waals surface area contributed by atoms with Gasteiger partial charge >= 0.3 is 5.97 Å². The van der Waals surface area contributed by atoms with Crippen molar-refractivity contribution in [3.05, 3.63) is 60.2 Å². The Morgan fingerprint density at radius 2 is 1.83 bits per heavy atom. The summed E-state index contributed by atoms with van der Waals surface area (Å²) in [6.45, 7) is 2.27. The molecule has 1 aliphatic rings. The number of hydrogen-bond acceptors (Lipinski definition) is 4. The van der Waals surface area contributed by atoms with E-state index < -0.39 is 18.0 Å². The minimum Gasteiger partial charge on any atom is -0.466 e. The molecule has 1 aliphatic heterocycles. The Hall–Kier alpha value is -2.82. The molecule has 0 aromatic heterocycles. The van der Waals surface area contributed by atoms with E-state index in [9.17, 15) is 9.59 Å². The van der Waals surface area contributed by atoms with E-state index >= 15 is 0 Å². The monoisotopic (exact) mass is 311 g/mol. The van der Waals surface area contributed by atoms with Crippen LogP contribution in [0.25, 0.3) is 0 Å². The molecule has 0 radical (unpaired) electrons. The molecule has 1 heterocycles. The van der Waals surface area contributed by atoms with Crippen molar-refractivity contribution in [2.45, 2.75) is 19.6 Å². The van der Waals surface area contributed by atoms with Crippen LogP contribution in [0.15, 0.2) is 54.6 Å². The largest absolute Gasteiger partial charge is 0.466 e. The van der Waals surface area contributed by atoms with Gasteiger partial charge in [-0.3, -0.25) is 4.79 Å². The Morgan fingerprint density at radius 3 is 2.57 bits per heavy atom. The fourth-order valence-corrected chi connectivity index (χ4v) is 2.51. The molecule has 0 spiro atoms. The summed E-state index contributed by atoms with van der Waals surface area (Å²) < 4.78 is 10.5. The minimum atomic E-state index is -1.26. The summed E-state index contributed by atoms with van der Waals surface area (Å²) in [6.07, 6.45) is -1.26. The van der Waals surface area contributed by atoms with Crippen LogP contribution in [-0.2, 0) is 20.9 Å². The molecule has 3 rings (SSSR count). The third-order valence-corrected chi connectivity index (χ3v) is 3.58. The van der Waals surface area contributed by atoms with Crippen molar-refractivity contribution in [1.82, 2.24) is 0 Å². The lowest BCUT2D eigenvalue weighted by Gasteiger charge is -2.33. The van der Waals surface area contributed by atoms with Gasteiger partial charge in [-0.1, -0.05) is 42.5 Å². The molecule has 0 saturated heterocycles. The Labute approximate surface area is 134 Å². The van der Waals surface area contributed by atoms with Crippen molar-refractivity contribution in [3.63, 3.8) is 0 Å². The van der Waals surface area contributed by atoms with Crippen molar-refractivity contribution >= 4 is 17.6 Å². The molecule has 5 nitrogen and oxygen atoms in total. The van der Waals surface area contributed by atoms with E-state index in [1.807, 2.05) is 36.4 Å². The summed E-state index contributed by atoms with van der Waals surface area (Å²) in [4.78, 5) is 26.3. The van der Waals surface area contributed by atoms with E-state index in [2.05, 4.69) is 0 Å². The number of anilines is 1. The molecule has 2 aromatic rings. The van der Waals surface area contributed by atoms with Crippen LogP contribution in [-0.4, -0.2) is 24.6 Å². The van der Waals surface area contributed by atoms with E-state index in [0.717, 1.165) is 5.56 Å². The van der Waals surface area contributed by atoms with Gasteiger partial charge in [-0.25, -0.2) is 4.79 Å². The van der Waals surface area contributed by atoms with Crippen LogP contribution in [0.2, 0.25) is 0 Å². The van der Waals surface area contributed by atoms with E-state index in [1.54, 1.807) is 30.0 Å². The van der Waals surface area contributed by atoms with Crippen LogP contribution in [0.5, 0.6) is 5.75 Å². The lowest BCUT2D eigenvalue weighted by molar-refractivity contribution is -0.156. The van der Waals surface area contributed by atoms with Gasteiger partial charge in [0.2, 0.25) is 0 Å². The Bertz CT molecular complexity index is 714. The first-order valence-electron chi connectivity index (χ1n) is 7.48. The van der Waals surface area contributed by atoms with Crippen LogP contribution >= 0.6 is 0 Å². The second-order valence-electron chi connectivity index (χ2n) is 5.13. The number of carbonyl (C=O) groups excluding carboxylic acids is 2. The van der Waals surface area contributed by atoms with Gasteiger partial charge in [-0.05, 0) is 24.6 Å². The maximum absolute atomic E-state index is 12.7. The zero-order chi connectivity index (χ0) is 16.2. The average molecular weight is 311 g/mol. The van der Waals surface area contributed by atoms with Gasteiger partial charge in [-0.2, -0.15) is 0 Å². The van der Waals surface area contributed by atoms with Crippen molar-refractivity contribution in [2.24, 2.45) is 0 Å². The van der Waals surface area contributed by atoms with E-state index in [-0.39, 0.29) is 6.61 Å². The highest BCUT2D eigenvalue weighted by Gasteiger charge is 2.40. The molecule has 23 heavy (non-hydrogen) atoms. The Morgan fingerprint density at radius 1 is 1.13 bits per heavy atom. The van der Waals surface area contributed by atoms with Crippen LogP contribution in [0.4, 0.5) is 5.69 Å². The number of esters is 1. The molecule has 0 bridgehead atoms. The smallest absolute Gasteiger partial charge is 0.357 e. The van der Waals surface area contributed by atoms with Crippen molar-refractivity contribution < 1.29 is 19.1 Å². The van der Waals surface area contributed by atoms with E-state index in [0.29, 0.717) is 18.0 Å². The summed E-state index contributed by atoms with van der Waals surface area (Å²) >= 11 is 0. The van der Waals surface area contributed by atoms with Crippen LogP contribution in [0, 0.1) is 0 Å². The molecule has 1 unspecified atom stereocenters. The van der Waals surface area contributed by atoms with Gasteiger partial charge in [0, 0.05) is 0 Å². The number of fused-ring (bicyclic) bond motifs is 1. The highest BCUT2D eigenvalue weighted by atomic mass is 16.6. The highest BCUT2D eigenvalue weighted by molar-refractivity contribution is 6.11. The minimum absolute atomic E-state index is 0.201. The van der Waals surface area contributed by atoms with Gasteiger partial charge in [0.15, 0.2) is 0 Å². The molecular weight excluding hydrogens is 294 g/mol. The molecule has 5 heteroatoms. The topological polar surface area (TPSA) is 55.8 Å². The normalized spacial score (nSPS) is 16.5. The summed E-state index contributed by atoms with van der Waals surface area (Å²) in [5.41, 5.74) is 1.63. The second kappa shape index (κ2) is 6.52. The number of ether oxygens (including phenoxy) is 2. The predicted molar refractivity (Wildman–Crippen MR) is 85.1 cm³/mol. The number of nitrogens with zero attached hydrogens (tertiary/aromatic N) is 1. The number of carbonyl (C=O) groups is 2. The van der Waals surface area contributed by atoms with Crippen molar-refractivity contribution in [3.8, 4) is 5.75 Å². The third-order valence-electron chi connectivity index (χ3n) is 3.58. The summed E-state index contributed by atoms with van der Waals surface area (Å²) in [7, 11) is 0. The van der Waals surface area contributed by atoms with Crippen LogP contribution < -0.4 is 9.64 Å². The van der Waals surface area contributed by atoms with Gasteiger partial charge < -0.3 is 14.4 Å². The van der Waals surface area contributed by atoms with Crippen molar-refractivity contribution in [2.75, 3.05) is 11.5 Å². The fraction of sp³-hybridized carbons (Fsp3) is 0.222. The van der Waals surface area contributed by atoms with E-state index in [1.165, 1.54) is 0 Å². The number of rotatable bonds is 4.